The topological polar surface area (TPSA) is 42.2 Å². The molecule has 0 atom stereocenters. The number of benzene rings is 1. The average molecular weight is 461 g/mol. The molecule has 2 heterocycles. The van der Waals surface area contributed by atoms with E-state index in [9.17, 15) is 0 Å². The van der Waals surface area contributed by atoms with Crippen molar-refractivity contribution in [1.29, 1.82) is 0 Å². The molecule has 3 aromatic rings. The number of rotatable bonds is 3. The molecule has 0 radical (unpaired) electrons. The smallest absolute Gasteiger partial charge is 0.155 e. The van der Waals surface area contributed by atoms with Crippen molar-refractivity contribution in [2.45, 2.75) is 6.54 Å². The number of imidazole rings is 1. The van der Waals surface area contributed by atoms with Crippen molar-refractivity contribution in [2.75, 3.05) is 5.32 Å². The highest BCUT2D eigenvalue weighted by atomic mass is 79.9. The number of hydrogen-bond acceptors (Lipinski definition) is 3. The predicted octanol–water partition coefficient (Wildman–Crippen LogP) is 4.63. The molecule has 3 rings (SSSR count). The lowest BCUT2D eigenvalue weighted by atomic mass is 10.3. The molecule has 1 N–H and O–H groups in total. The van der Waals surface area contributed by atoms with Crippen LogP contribution in [0.5, 0.6) is 0 Å². The summed E-state index contributed by atoms with van der Waals surface area (Å²) in [5.41, 5.74) is 2.94. The molecule has 0 bridgehead atoms. The number of anilines is 1. The van der Waals surface area contributed by atoms with Gasteiger partial charge in [-0.25, -0.2) is 9.97 Å². The molecule has 20 heavy (non-hydrogen) atoms. The summed E-state index contributed by atoms with van der Waals surface area (Å²) >= 11 is 10.4. The molecule has 0 unspecified atom stereocenters. The fourth-order valence-corrected chi connectivity index (χ4v) is 3.36. The van der Waals surface area contributed by atoms with Crippen molar-refractivity contribution in [2.24, 2.45) is 0 Å². The molecular formula is C13H9Br3N4. The molecule has 0 aliphatic carbocycles. The summed E-state index contributed by atoms with van der Waals surface area (Å²) in [7, 11) is 0. The third-order valence-corrected chi connectivity index (χ3v) is 4.39. The van der Waals surface area contributed by atoms with E-state index in [-0.39, 0.29) is 0 Å². The molecule has 0 spiro atoms. The van der Waals surface area contributed by atoms with Gasteiger partial charge in [0.15, 0.2) is 5.65 Å². The monoisotopic (exact) mass is 458 g/mol. The Bertz CT molecular complexity index is 769. The van der Waals surface area contributed by atoms with E-state index in [1.807, 2.05) is 35.0 Å². The second-order valence-corrected chi connectivity index (χ2v) is 6.75. The number of hydrogen-bond donors (Lipinski definition) is 1. The predicted molar refractivity (Wildman–Crippen MR) is 89.9 cm³/mol. The summed E-state index contributed by atoms with van der Waals surface area (Å²) < 4.78 is 4.86. The highest BCUT2D eigenvalue weighted by molar-refractivity contribution is 9.11. The van der Waals surface area contributed by atoms with Crippen molar-refractivity contribution in [1.82, 2.24) is 14.4 Å². The van der Waals surface area contributed by atoms with Crippen LogP contribution in [0.3, 0.4) is 0 Å². The maximum Gasteiger partial charge on any atom is 0.155 e. The Labute approximate surface area is 141 Å². The largest absolute Gasteiger partial charge is 0.378 e. The second-order valence-electron chi connectivity index (χ2n) is 4.17. The quantitative estimate of drug-likeness (QED) is 0.619. The first-order valence-corrected chi connectivity index (χ1v) is 8.18. The van der Waals surface area contributed by atoms with E-state index < -0.39 is 0 Å². The Balaban J connectivity index is 1.85. The maximum atomic E-state index is 4.33. The fraction of sp³-hybridized carbons (Fsp3) is 0.0769. The molecule has 0 fully saturated rings. The summed E-state index contributed by atoms with van der Waals surface area (Å²) in [4.78, 5) is 8.49. The molecule has 0 aliphatic heterocycles. The third-order valence-electron chi connectivity index (χ3n) is 2.83. The van der Waals surface area contributed by atoms with Crippen LogP contribution in [0.15, 0.2) is 50.3 Å². The lowest BCUT2D eigenvalue weighted by Gasteiger charge is -2.09. The normalized spacial score (nSPS) is 10.9. The Morgan fingerprint density at radius 3 is 2.75 bits per heavy atom. The first-order chi connectivity index (χ1) is 9.63. The second kappa shape index (κ2) is 5.83. The zero-order valence-corrected chi connectivity index (χ0v) is 14.9. The highest BCUT2D eigenvalue weighted by Crippen LogP contribution is 2.26. The molecule has 2 aromatic heterocycles. The highest BCUT2D eigenvalue weighted by Gasteiger charge is 2.05. The van der Waals surface area contributed by atoms with Crippen molar-refractivity contribution < 1.29 is 0 Å². The van der Waals surface area contributed by atoms with Crippen LogP contribution in [0.2, 0.25) is 0 Å². The van der Waals surface area contributed by atoms with Crippen molar-refractivity contribution >= 4 is 59.1 Å². The van der Waals surface area contributed by atoms with Gasteiger partial charge in [-0.1, -0.05) is 15.9 Å². The van der Waals surface area contributed by atoms with E-state index in [0.29, 0.717) is 6.54 Å². The van der Waals surface area contributed by atoms with Crippen LogP contribution in [0.4, 0.5) is 5.69 Å². The van der Waals surface area contributed by atoms with Gasteiger partial charge in [0, 0.05) is 20.8 Å². The van der Waals surface area contributed by atoms with Gasteiger partial charge in [-0.05, 0) is 50.1 Å². The number of aromatic nitrogens is 3. The molecule has 0 aliphatic rings. The summed E-state index contributed by atoms with van der Waals surface area (Å²) in [6, 6.07) is 6.04. The third kappa shape index (κ3) is 2.89. The molecule has 7 heteroatoms. The molecule has 4 nitrogen and oxygen atoms in total. The minimum atomic E-state index is 0.678. The van der Waals surface area contributed by atoms with E-state index in [0.717, 1.165) is 30.6 Å². The van der Waals surface area contributed by atoms with E-state index in [4.69, 9.17) is 0 Å². The van der Waals surface area contributed by atoms with Gasteiger partial charge in [0.2, 0.25) is 0 Å². The molecule has 102 valence electrons. The van der Waals surface area contributed by atoms with Crippen LogP contribution in [0, 0.1) is 0 Å². The number of nitrogens with one attached hydrogen (secondary N) is 1. The minimum Gasteiger partial charge on any atom is -0.378 e. The summed E-state index contributed by atoms with van der Waals surface area (Å²) in [5.74, 6) is 0. The van der Waals surface area contributed by atoms with Crippen LogP contribution in [0.25, 0.3) is 5.65 Å². The number of nitrogens with zero attached hydrogens (tertiary/aromatic N) is 3. The van der Waals surface area contributed by atoms with Crippen LogP contribution >= 0.6 is 47.8 Å². The standard InChI is InChI=1S/C13H9Br3N4/c14-8-1-2-11(10(15)3-8)17-4-9-5-19-13-6-18-12(16)7-20(9)13/h1-3,5-7,17H,4H2. The summed E-state index contributed by atoms with van der Waals surface area (Å²) in [6.45, 7) is 0.678. The van der Waals surface area contributed by atoms with Gasteiger partial charge in [-0.3, -0.25) is 4.40 Å². The lowest BCUT2D eigenvalue weighted by Crippen LogP contribution is -2.03. The van der Waals surface area contributed by atoms with E-state index >= 15 is 0 Å². The van der Waals surface area contributed by atoms with Crippen molar-refractivity contribution in [3.8, 4) is 0 Å². The molecule has 0 amide bonds. The first-order valence-electron chi connectivity index (χ1n) is 5.80. The SMILES string of the molecule is Brc1ccc(NCc2cnc3cnc(Br)cn23)c(Br)c1. The number of fused-ring (bicyclic) bond motifs is 1. The van der Waals surface area contributed by atoms with Gasteiger partial charge in [0.1, 0.15) is 4.60 Å². The van der Waals surface area contributed by atoms with Gasteiger partial charge in [-0.15, -0.1) is 0 Å². The Morgan fingerprint density at radius 2 is 1.95 bits per heavy atom. The number of halogens is 3. The van der Waals surface area contributed by atoms with Crippen molar-refractivity contribution in [3.63, 3.8) is 0 Å². The minimum absolute atomic E-state index is 0.678. The van der Waals surface area contributed by atoms with Crippen molar-refractivity contribution in [3.05, 3.63) is 56.0 Å². The van der Waals surface area contributed by atoms with Crippen LogP contribution in [-0.4, -0.2) is 14.4 Å². The van der Waals surface area contributed by atoms with E-state index in [1.165, 1.54) is 0 Å². The fourth-order valence-electron chi connectivity index (χ4n) is 1.87. The zero-order chi connectivity index (χ0) is 14.1. The molecular weight excluding hydrogens is 452 g/mol. The van der Waals surface area contributed by atoms with Gasteiger partial charge in [-0.2, -0.15) is 0 Å². The Hall–Kier alpha value is -0.920. The van der Waals surface area contributed by atoms with Gasteiger partial charge >= 0.3 is 0 Å². The van der Waals surface area contributed by atoms with Crippen LogP contribution in [0.1, 0.15) is 5.69 Å². The van der Waals surface area contributed by atoms with Gasteiger partial charge in [0.25, 0.3) is 0 Å². The Kier molecular flexibility index (Phi) is 4.09. The van der Waals surface area contributed by atoms with E-state index in [2.05, 4.69) is 63.1 Å². The van der Waals surface area contributed by atoms with E-state index in [1.54, 1.807) is 6.20 Å². The summed E-state index contributed by atoms with van der Waals surface area (Å²) in [5, 5.41) is 3.39. The molecule has 0 saturated heterocycles. The average Bonchev–Trinajstić information content (AvgIpc) is 2.80. The zero-order valence-electron chi connectivity index (χ0n) is 10.1. The first kappa shape index (κ1) is 14.0. The summed E-state index contributed by atoms with van der Waals surface area (Å²) in [6.07, 6.45) is 5.50. The van der Waals surface area contributed by atoms with Gasteiger partial charge in [0.05, 0.1) is 24.6 Å². The molecule has 1 aromatic carbocycles. The molecule has 0 saturated carbocycles. The van der Waals surface area contributed by atoms with Crippen LogP contribution < -0.4 is 5.32 Å². The Morgan fingerprint density at radius 1 is 1.10 bits per heavy atom. The lowest BCUT2D eigenvalue weighted by molar-refractivity contribution is 0.982. The van der Waals surface area contributed by atoms with Crippen LogP contribution in [-0.2, 0) is 6.54 Å². The van der Waals surface area contributed by atoms with Gasteiger partial charge < -0.3 is 5.32 Å². The maximum absolute atomic E-state index is 4.33.